The zero-order valence-electron chi connectivity index (χ0n) is 10.5. The molecule has 5 heteroatoms. The summed E-state index contributed by atoms with van der Waals surface area (Å²) in [5.41, 5.74) is 0.487. The standard InChI is InChI=1S/C14H16ClNO3/c15-12-7-6-10(8-11(12)14(18)19)16-13(17)9-4-2-1-3-5-9/h6-9H,1-5H2,(H,16,17)(H,18,19). The summed E-state index contributed by atoms with van der Waals surface area (Å²) in [5, 5.41) is 11.9. The second-order valence-electron chi connectivity index (χ2n) is 4.82. The Labute approximate surface area is 116 Å². The van der Waals surface area contributed by atoms with E-state index in [1.165, 1.54) is 18.6 Å². The summed E-state index contributed by atoms with van der Waals surface area (Å²) in [6.45, 7) is 0. The quantitative estimate of drug-likeness (QED) is 0.890. The van der Waals surface area contributed by atoms with Crippen LogP contribution in [0.1, 0.15) is 42.5 Å². The number of hydrogen-bond acceptors (Lipinski definition) is 2. The Hall–Kier alpha value is -1.55. The van der Waals surface area contributed by atoms with Crippen LogP contribution in [0.3, 0.4) is 0 Å². The highest BCUT2D eigenvalue weighted by atomic mass is 35.5. The van der Waals surface area contributed by atoms with Gasteiger partial charge < -0.3 is 10.4 Å². The SMILES string of the molecule is O=C(O)c1cc(NC(=O)C2CCCCC2)ccc1Cl. The fourth-order valence-corrected chi connectivity index (χ4v) is 2.57. The van der Waals surface area contributed by atoms with E-state index in [0.717, 1.165) is 25.7 Å². The van der Waals surface area contributed by atoms with E-state index < -0.39 is 5.97 Å². The Kier molecular flexibility index (Phi) is 4.43. The maximum absolute atomic E-state index is 12.0. The van der Waals surface area contributed by atoms with Crippen molar-refractivity contribution in [3.8, 4) is 0 Å². The van der Waals surface area contributed by atoms with E-state index in [1.54, 1.807) is 6.07 Å². The van der Waals surface area contributed by atoms with Crippen LogP contribution in [0.2, 0.25) is 5.02 Å². The van der Waals surface area contributed by atoms with Crippen molar-refractivity contribution in [3.05, 3.63) is 28.8 Å². The number of carbonyl (C=O) groups excluding carboxylic acids is 1. The molecule has 0 spiro atoms. The maximum atomic E-state index is 12.0. The number of hydrogen-bond donors (Lipinski definition) is 2. The molecular weight excluding hydrogens is 266 g/mol. The third-order valence-electron chi connectivity index (χ3n) is 3.44. The minimum Gasteiger partial charge on any atom is -0.478 e. The molecule has 0 radical (unpaired) electrons. The van der Waals surface area contributed by atoms with Crippen molar-refractivity contribution in [3.63, 3.8) is 0 Å². The van der Waals surface area contributed by atoms with Gasteiger partial charge in [0.2, 0.25) is 5.91 Å². The average Bonchev–Trinajstić information content (AvgIpc) is 2.41. The Morgan fingerprint density at radius 2 is 1.89 bits per heavy atom. The molecule has 0 saturated heterocycles. The van der Waals surface area contributed by atoms with Gasteiger partial charge in [0, 0.05) is 11.6 Å². The molecule has 0 aromatic heterocycles. The Morgan fingerprint density at radius 3 is 2.53 bits per heavy atom. The van der Waals surface area contributed by atoms with Gasteiger partial charge in [0.15, 0.2) is 0 Å². The second-order valence-corrected chi connectivity index (χ2v) is 5.23. The molecule has 0 heterocycles. The van der Waals surface area contributed by atoms with Crippen LogP contribution in [0.5, 0.6) is 0 Å². The van der Waals surface area contributed by atoms with E-state index in [0.29, 0.717) is 5.69 Å². The summed E-state index contributed by atoms with van der Waals surface area (Å²) in [7, 11) is 0. The monoisotopic (exact) mass is 281 g/mol. The van der Waals surface area contributed by atoms with Gasteiger partial charge in [-0.25, -0.2) is 4.79 Å². The van der Waals surface area contributed by atoms with Gasteiger partial charge in [-0.1, -0.05) is 30.9 Å². The van der Waals surface area contributed by atoms with E-state index in [2.05, 4.69) is 5.32 Å². The van der Waals surface area contributed by atoms with Gasteiger partial charge in [0.1, 0.15) is 0 Å². The summed E-state index contributed by atoms with van der Waals surface area (Å²) in [6.07, 6.45) is 5.17. The molecule has 0 bridgehead atoms. The van der Waals surface area contributed by atoms with Gasteiger partial charge in [-0.2, -0.15) is 0 Å². The number of rotatable bonds is 3. The van der Waals surface area contributed by atoms with Gasteiger partial charge in [0.25, 0.3) is 0 Å². The number of anilines is 1. The highest BCUT2D eigenvalue weighted by Gasteiger charge is 2.21. The summed E-state index contributed by atoms with van der Waals surface area (Å²) in [4.78, 5) is 23.0. The van der Waals surface area contributed by atoms with Crippen molar-refractivity contribution in [2.24, 2.45) is 5.92 Å². The summed E-state index contributed by atoms with van der Waals surface area (Å²) in [6, 6.07) is 4.50. The van der Waals surface area contributed by atoms with Gasteiger partial charge in [-0.3, -0.25) is 4.79 Å². The third kappa shape index (κ3) is 3.47. The summed E-state index contributed by atoms with van der Waals surface area (Å²) < 4.78 is 0. The molecule has 1 aromatic rings. The maximum Gasteiger partial charge on any atom is 0.337 e. The van der Waals surface area contributed by atoms with Crippen LogP contribution in [0, 0.1) is 5.92 Å². The average molecular weight is 282 g/mol. The van der Waals surface area contributed by atoms with Crippen molar-refractivity contribution in [2.45, 2.75) is 32.1 Å². The topological polar surface area (TPSA) is 66.4 Å². The van der Waals surface area contributed by atoms with Crippen LogP contribution in [-0.2, 0) is 4.79 Å². The lowest BCUT2D eigenvalue weighted by Crippen LogP contribution is -2.24. The van der Waals surface area contributed by atoms with Crippen LogP contribution in [-0.4, -0.2) is 17.0 Å². The largest absolute Gasteiger partial charge is 0.478 e. The van der Waals surface area contributed by atoms with E-state index >= 15 is 0 Å². The summed E-state index contributed by atoms with van der Waals surface area (Å²) in [5.74, 6) is -1.09. The van der Waals surface area contributed by atoms with Crippen molar-refractivity contribution in [1.82, 2.24) is 0 Å². The van der Waals surface area contributed by atoms with Crippen LogP contribution < -0.4 is 5.32 Å². The molecule has 0 aliphatic heterocycles. The molecule has 2 rings (SSSR count). The molecule has 102 valence electrons. The molecule has 19 heavy (non-hydrogen) atoms. The van der Waals surface area contributed by atoms with E-state index in [4.69, 9.17) is 16.7 Å². The first-order chi connectivity index (χ1) is 9.08. The fraction of sp³-hybridized carbons (Fsp3) is 0.429. The molecule has 1 saturated carbocycles. The number of nitrogens with one attached hydrogen (secondary N) is 1. The molecule has 4 nitrogen and oxygen atoms in total. The minimum absolute atomic E-state index is 0.00288. The molecule has 1 aliphatic rings. The molecular formula is C14H16ClNO3. The van der Waals surface area contributed by atoms with Crippen LogP contribution in [0.4, 0.5) is 5.69 Å². The lowest BCUT2D eigenvalue weighted by atomic mass is 9.88. The highest BCUT2D eigenvalue weighted by Crippen LogP contribution is 2.26. The van der Waals surface area contributed by atoms with E-state index in [1.807, 2.05) is 0 Å². The first-order valence-corrected chi connectivity index (χ1v) is 6.79. The second kappa shape index (κ2) is 6.06. The predicted molar refractivity (Wildman–Crippen MR) is 73.6 cm³/mol. The number of halogens is 1. The first kappa shape index (κ1) is 13.9. The van der Waals surface area contributed by atoms with Crippen molar-refractivity contribution >= 4 is 29.2 Å². The Bertz CT molecular complexity index is 495. The normalized spacial score (nSPS) is 16.1. The van der Waals surface area contributed by atoms with Crippen LogP contribution in [0.15, 0.2) is 18.2 Å². The molecule has 2 N–H and O–H groups in total. The lowest BCUT2D eigenvalue weighted by Gasteiger charge is -2.20. The first-order valence-electron chi connectivity index (χ1n) is 6.41. The Morgan fingerprint density at radius 1 is 1.21 bits per heavy atom. The molecule has 1 amide bonds. The number of amides is 1. The zero-order valence-corrected chi connectivity index (χ0v) is 11.2. The third-order valence-corrected chi connectivity index (χ3v) is 3.77. The lowest BCUT2D eigenvalue weighted by molar-refractivity contribution is -0.120. The number of carboxylic acids is 1. The highest BCUT2D eigenvalue weighted by molar-refractivity contribution is 6.33. The number of carboxylic acid groups (broad SMARTS) is 1. The van der Waals surface area contributed by atoms with Crippen molar-refractivity contribution in [2.75, 3.05) is 5.32 Å². The van der Waals surface area contributed by atoms with Crippen LogP contribution >= 0.6 is 11.6 Å². The molecule has 1 aliphatic carbocycles. The molecule has 0 atom stereocenters. The van der Waals surface area contributed by atoms with Gasteiger partial charge >= 0.3 is 5.97 Å². The van der Waals surface area contributed by atoms with E-state index in [-0.39, 0.29) is 22.4 Å². The summed E-state index contributed by atoms with van der Waals surface area (Å²) >= 11 is 5.78. The molecule has 0 unspecified atom stereocenters. The Balaban J connectivity index is 2.08. The number of benzene rings is 1. The number of aromatic carboxylic acids is 1. The predicted octanol–water partition coefficient (Wildman–Crippen LogP) is 3.56. The minimum atomic E-state index is -1.10. The van der Waals surface area contributed by atoms with Crippen molar-refractivity contribution in [1.29, 1.82) is 0 Å². The van der Waals surface area contributed by atoms with Crippen molar-refractivity contribution < 1.29 is 14.7 Å². The molecule has 1 fully saturated rings. The smallest absolute Gasteiger partial charge is 0.337 e. The fourth-order valence-electron chi connectivity index (χ4n) is 2.38. The molecule has 1 aromatic carbocycles. The number of carbonyl (C=O) groups is 2. The van der Waals surface area contributed by atoms with Crippen LogP contribution in [0.25, 0.3) is 0 Å². The van der Waals surface area contributed by atoms with Gasteiger partial charge in [-0.15, -0.1) is 0 Å². The van der Waals surface area contributed by atoms with Gasteiger partial charge in [-0.05, 0) is 31.0 Å². The van der Waals surface area contributed by atoms with Gasteiger partial charge in [0.05, 0.1) is 10.6 Å². The zero-order chi connectivity index (χ0) is 13.8. The van der Waals surface area contributed by atoms with E-state index in [9.17, 15) is 9.59 Å².